The van der Waals surface area contributed by atoms with Gasteiger partial charge in [-0.1, -0.05) is 6.07 Å². The molecule has 0 aliphatic rings. The summed E-state index contributed by atoms with van der Waals surface area (Å²) in [7, 11) is 1.53. The molecule has 2 aromatic heterocycles. The lowest BCUT2D eigenvalue weighted by Crippen LogP contribution is -2.15. The molecule has 0 unspecified atom stereocenters. The van der Waals surface area contributed by atoms with Crippen LogP contribution in [0.15, 0.2) is 70.0 Å². The first-order chi connectivity index (χ1) is 15.4. The third-order valence-electron chi connectivity index (χ3n) is 4.59. The molecule has 0 aliphatic heterocycles. The van der Waals surface area contributed by atoms with Crippen molar-refractivity contribution in [1.82, 2.24) is 9.56 Å². The molecule has 2 aromatic carbocycles. The van der Waals surface area contributed by atoms with Crippen LogP contribution in [0.25, 0.3) is 5.65 Å². The highest BCUT2D eigenvalue weighted by Gasteiger charge is 2.12. The maximum absolute atomic E-state index is 12.4. The zero-order chi connectivity index (χ0) is 22.7. The zero-order valence-corrected chi connectivity index (χ0v) is 17.3. The van der Waals surface area contributed by atoms with Gasteiger partial charge in [-0.15, -0.1) is 4.57 Å². The second kappa shape index (κ2) is 8.76. The molecule has 32 heavy (non-hydrogen) atoms. The Morgan fingerprint density at radius 1 is 1.06 bits per heavy atom. The van der Waals surface area contributed by atoms with Gasteiger partial charge in [0, 0.05) is 23.4 Å². The van der Waals surface area contributed by atoms with Crippen LogP contribution in [0.1, 0.15) is 32.2 Å². The molecule has 162 valence electrons. The van der Waals surface area contributed by atoms with Gasteiger partial charge >= 0.3 is 5.97 Å². The fraction of sp³-hybridized carbons (Fsp3) is 0.130. The number of esters is 1. The number of carbonyl (C=O) groups is 2. The van der Waals surface area contributed by atoms with Crippen molar-refractivity contribution in [3.8, 4) is 5.75 Å². The molecule has 0 saturated heterocycles. The first-order valence-electron chi connectivity index (χ1n) is 9.65. The summed E-state index contributed by atoms with van der Waals surface area (Å²) in [5.74, 6) is 0.236. The van der Waals surface area contributed by atoms with Gasteiger partial charge in [0.2, 0.25) is 0 Å². The van der Waals surface area contributed by atoms with Gasteiger partial charge in [-0.3, -0.25) is 9.59 Å². The van der Waals surface area contributed by atoms with Crippen LogP contribution in [-0.4, -0.2) is 28.5 Å². The third-order valence-corrected chi connectivity index (χ3v) is 4.59. The smallest absolute Gasteiger partial charge is 0.338 e. The number of methoxy groups -OCH3 is 1. The second-order valence-corrected chi connectivity index (χ2v) is 6.92. The monoisotopic (exact) mass is 433 g/mol. The maximum atomic E-state index is 12.4. The molecule has 0 bridgehead atoms. The van der Waals surface area contributed by atoms with E-state index in [1.54, 1.807) is 49.4 Å². The van der Waals surface area contributed by atoms with E-state index in [0.717, 1.165) is 4.57 Å². The highest BCUT2D eigenvalue weighted by Crippen LogP contribution is 2.16. The molecule has 1 amide bonds. The SMILES string of the molecule is COc1cccc(C(=O)Nc2ccc(C(=O)OCc3cc(=O)n4oc(C)cc4n3)cc2)c1. The quantitative estimate of drug-likeness (QED) is 0.465. The van der Waals surface area contributed by atoms with Gasteiger partial charge in [-0.05, 0) is 49.4 Å². The number of aryl methyl sites for hydroxylation is 1. The molecule has 0 radical (unpaired) electrons. The third kappa shape index (κ3) is 4.51. The predicted molar refractivity (Wildman–Crippen MR) is 115 cm³/mol. The summed E-state index contributed by atoms with van der Waals surface area (Å²) in [6.45, 7) is 1.54. The number of benzene rings is 2. The van der Waals surface area contributed by atoms with Crippen molar-refractivity contribution in [2.75, 3.05) is 12.4 Å². The highest BCUT2D eigenvalue weighted by atomic mass is 16.5. The largest absolute Gasteiger partial charge is 0.497 e. The topological polar surface area (TPSA) is 112 Å². The van der Waals surface area contributed by atoms with Crippen molar-refractivity contribution in [3.05, 3.63) is 93.6 Å². The molecule has 0 aliphatic carbocycles. The normalized spacial score (nSPS) is 10.7. The molecule has 4 rings (SSSR count). The van der Waals surface area contributed by atoms with Crippen molar-refractivity contribution >= 4 is 23.2 Å². The summed E-state index contributed by atoms with van der Waals surface area (Å²) in [4.78, 5) is 41.0. The number of rotatable bonds is 6. The van der Waals surface area contributed by atoms with Gasteiger partial charge in [0.15, 0.2) is 5.65 Å². The molecule has 0 fully saturated rings. The van der Waals surface area contributed by atoms with Crippen LogP contribution >= 0.6 is 0 Å². The second-order valence-electron chi connectivity index (χ2n) is 6.92. The Bertz CT molecular complexity index is 1350. The number of hydrogen-bond donors (Lipinski definition) is 1. The van der Waals surface area contributed by atoms with Crippen LogP contribution in [0.2, 0.25) is 0 Å². The van der Waals surface area contributed by atoms with Crippen LogP contribution < -0.4 is 15.6 Å². The Hall–Kier alpha value is -4.40. The minimum absolute atomic E-state index is 0.164. The molecule has 1 N–H and O–H groups in total. The number of fused-ring (bicyclic) bond motifs is 1. The Labute approximate surface area is 182 Å². The van der Waals surface area contributed by atoms with Gasteiger partial charge in [-0.2, -0.15) is 0 Å². The summed E-state index contributed by atoms with van der Waals surface area (Å²) in [5, 5.41) is 2.76. The first-order valence-corrected chi connectivity index (χ1v) is 9.65. The number of nitrogens with zero attached hydrogens (tertiary/aromatic N) is 2. The molecule has 9 nitrogen and oxygen atoms in total. The molecular weight excluding hydrogens is 414 g/mol. The van der Waals surface area contributed by atoms with E-state index in [1.807, 2.05) is 0 Å². The number of ether oxygens (including phenoxy) is 2. The average Bonchev–Trinajstić information content (AvgIpc) is 3.18. The van der Waals surface area contributed by atoms with Crippen molar-refractivity contribution < 1.29 is 23.6 Å². The number of amides is 1. The molecule has 0 spiro atoms. The summed E-state index contributed by atoms with van der Waals surface area (Å²) in [6, 6.07) is 15.9. The number of anilines is 1. The summed E-state index contributed by atoms with van der Waals surface area (Å²) >= 11 is 0. The van der Waals surface area contributed by atoms with E-state index in [9.17, 15) is 14.4 Å². The van der Waals surface area contributed by atoms with Gasteiger partial charge < -0.3 is 19.3 Å². The van der Waals surface area contributed by atoms with Crippen molar-refractivity contribution in [1.29, 1.82) is 0 Å². The minimum atomic E-state index is -0.582. The van der Waals surface area contributed by atoms with Gasteiger partial charge in [-0.25, -0.2) is 9.78 Å². The van der Waals surface area contributed by atoms with E-state index >= 15 is 0 Å². The number of nitrogens with one attached hydrogen (secondary N) is 1. The first kappa shape index (κ1) is 20.9. The molecule has 4 aromatic rings. The summed E-state index contributed by atoms with van der Waals surface area (Å²) in [5.41, 5.74) is 1.51. The van der Waals surface area contributed by atoms with E-state index in [-0.39, 0.29) is 12.5 Å². The Morgan fingerprint density at radius 2 is 1.84 bits per heavy atom. The Balaban J connectivity index is 1.38. The van der Waals surface area contributed by atoms with Crippen LogP contribution in [0.4, 0.5) is 5.69 Å². The standard InChI is InChI=1S/C23H19N3O6/c1-14-10-20-24-18(12-21(27)26(20)32-14)13-31-23(29)15-6-8-17(9-7-15)25-22(28)16-4-3-5-19(11-16)30-2/h3-12H,13H2,1-2H3,(H,25,28). The van der Waals surface area contributed by atoms with Crippen molar-refractivity contribution in [3.63, 3.8) is 0 Å². The van der Waals surface area contributed by atoms with Crippen LogP contribution in [0.5, 0.6) is 5.75 Å². The van der Waals surface area contributed by atoms with Crippen LogP contribution in [0.3, 0.4) is 0 Å². The molecule has 0 atom stereocenters. The van der Waals surface area contributed by atoms with Crippen LogP contribution in [0, 0.1) is 6.92 Å². The Morgan fingerprint density at radius 3 is 2.59 bits per heavy atom. The lowest BCUT2D eigenvalue weighted by atomic mass is 10.1. The van der Waals surface area contributed by atoms with Gasteiger partial charge in [0.1, 0.15) is 18.1 Å². The van der Waals surface area contributed by atoms with Crippen molar-refractivity contribution in [2.45, 2.75) is 13.5 Å². The molecular formula is C23H19N3O6. The molecule has 9 heteroatoms. The van der Waals surface area contributed by atoms with Gasteiger partial charge in [0.05, 0.1) is 18.4 Å². The molecule has 0 saturated carbocycles. The van der Waals surface area contributed by atoms with Crippen LogP contribution in [-0.2, 0) is 11.3 Å². The van der Waals surface area contributed by atoms with E-state index < -0.39 is 11.5 Å². The fourth-order valence-electron chi connectivity index (χ4n) is 3.03. The average molecular weight is 433 g/mol. The minimum Gasteiger partial charge on any atom is -0.497 e. The molecule has 2 heterocycles. The predicted octanol–water partition coefficient (Wildman–Crippen LogP) is 3.21. The van der Waals surface area contributed by atoms with E-state index in [1.165, 1.54) is 25.3 Å². The lowest BCUT2D eigenvalue weighted by molar-refractivity contribution is 0.0467. The maximum Gasteiger partial charge on any atom is 0.338 e. The lowest BCUT2D eigenvalue weighted by Gasteiger charge is -2.08. The van der Waals surface area contributed by atoms with E-state index in [0.29, 0.717) is 39.7 Å². The fourth-order valence-corrected chi connectivity index (χ4v) is 3.03. The summed E-state index contributed by atoms with van der Waals surface area (Å²) < 4.78 is 16.7. The van der Waals surface area contributed by atoms with Crippen molar-refractivity contribution in [2.24, 2.45) is 0 Å². The van der Waals surface area contributed by atoms with E-state index in [2.05, 4.69) is 10.3 Å². The zero-order valence-electron chi connectivity index (χ0n) is 17.3. The number of hydrogen-bond acceptors (Lipinski definition) is 7. The summed E-state index contributed by atoms with van der Waals surface area (Å²) in [6.07, 6.45) is 0. The van der Waals surface area contributed by atoms with E-state index in [4.69, 9.17) is 14.0 Å². The highest BCUT2D eigenvalue weighted by molar-refractivity contribution is 6.04. The number of carbonyl (C=O) groups excluding carboxylic acids is 2. The number of aromatic nitrogens is 2. The van der Waals surface area contributed by atoms with Gasteiger partial charge in [0.25, 0.3) is 11.5 Å². The Kier molecular flexibility index (Phi) is 5.71.